The van der Waals surface area contributed by atoms with Gasteiger partial charge in [-0.1, -0.05) is 49.1 Å². The summed E-state index contributed by atoms with van der Waals surface area (Å²) in [7, 11) is 0. The predicted octanol–water partition coefficient (Wildman–Crippen LogP) is 2.11. The lowest BCUT2D eigenvalue weighted by Crippen LogP contribution is -2.33. The number of hydrogen-bond donors (Lipinski definition) is 0. The maximum Gasteiger partial charge on any atom is 0.359 e. The van der Waals surface area contributed by atoms with Crippen LogP contribution in [0.25, 0.3) is 6.08 Å². The van der Waals surface area contributed by atoms with Gasteiger partial charge in [0.05, 0.1) is 5.92 Å². The molecular weight excluding hydrogens is 270 g/mol. The van der Waals surface area contributed by atoms with Crippen LogP contribution in [-0.4, -0.2) is 22.8 Å². The Kier molecular flexibility index (Phi) is 4.33. The summed E-state index contributed by atoms with van der Waals surface area (Å²) in [4.78, 5) is 39.9. The van der Waals surface area contributed by atoms with Crippen molar-refractivity contribution >= 4 is 23.9 Å². The highest BCUT2D eigenvalue weighted by molar-refractivity contribution is 6.05. The van der Waals surface area contributed by atoms with Gasteiger partial charge < -0.3 is 4.84 Å². The Morgan fingerprint density at radius 1 is 1.33 bits per heavy atom. The van der Waals surface area contributed by atoms with E-state index in [1.165, 1.54) is 6.92 Å². The SMILES string of the molecule is C=C(C)C(=O)ON1C(=O)CC(C=Cc2ccccc2)C1=O. The van der Waals surface area contributed by atoms with E-state index in [1.54, 1.807) is 12.2 Å². The summed E-state index contributed by atoms with van der Waals surface area (Å²) >= 11 is 0. The summed E-state index contributed by atoms with van der Waals surface area (Å²) in [5, 5.41) is 0.525. The largest absolute Gasteiger partial charge is 0.359 e. The summed E-state index contributed by atoms with van der Waals surface area (Å²) < 4.78 is 0. The lowest BCUT2D eigenvalue weighted by atomic mass is 10.1. The number of hydrogen-bond acceptors (Lipinski definition) is 4. The van der Waals surface area contributed by atoms with Crippen LogP contribution >= 0.6 is 0 Å². The lowest BCUT2D eigenvalue weighted by molar-refractivity contribution is -0.194. The molecule has 108 valence electrons. The molecule has 1 aliphatic rings. The van der Waals surface area contributed by atoms with Gasteiger partial charge in [-0.25, -0.2) is 4.79 Å². The Hall–Kier alpha value is -2.69. The van der Waals surface area contributed by atoms with Gasteiger partial charge in [0, 0.05) is 12.0 Å². The molecule has 1 heterocycles. The molecule has 0 saturated carbocycles. The highest BCUT2D eigenvalue weighted by Crippen LogP contribution is 2.22. The van der Waals surface area contributed by atoms with E-state index in [0.717, 1.165) is 5.56 Å². The van der Waals surface area contributed by atoms with Crippen molar-refractivity contribution in [3.63, 3.8) is 0 Å². The fourth-order valence-corrected chi connectivity index (χ4v) is 1.83. The summed E-state index contributed by atoms with van der Waals surface area (Å²) in [6.45, 7) is 4.85. The zero-order chi connectivity index (χ0) is 15.4. The first-order chi connectivity index (χ1) is 9.99. The van der Waals surface area contributed by atoms with Gasteiger partial charge in [0.2, 0.25) is 0 Å². The number of carbonyl (C=O) groups excluding carboxylic acids is 3. The predicted molar refractivity (Wildman–Crippen MR) is 76.3 cm³/mol. The van der Waals surface area contributed by atoms with Crippen LogP contribution in [0.5, 0.6) is 0 Å². The molecule has 1 aromatic carbocycles. The minimum Gasteiger partial charge on any atom is -0.325 e. The van der Waals surface area contributed by atoms with Gasteiger partial charge in [0.15, 0.2) is 0 Å². The van der Waals surface area contributed by atoms with E-state index in [4.69, 9.17) is 4.84 Å². The Balaban J connectivity index is 2.06. The summed E-state index contributed by atoms with van der Waals surface area (Å²) in [5.41, 5.74) is 1.05. The second-order valence-corrected chi connectivity index (χ2v) is 4.77. The topological polar surface area (TPSA) is 63.7 Å². The Labute approximate surface area is 122 Å². The number of imide groups is 1. The molecule has 1 unspecified atom stereocenters. The van der Waals surface area contributed by atoms with Crippen molar-refractivity contribution in [2.75, 3.05) is 0 Å². The van der Waals surface area contributed by atoms with E-state index >= 15 is 0 Å². The second-order valence-electron chi connectivity index (χ2n) is 4.77. The zero-order valence-electron chi connectivity index (χ0n) is 11.6. The van der Waals surface area contributed by atoms with Crippen LogP contribution < -0.4 is 0 Å². The lowest BCUT2D eigenvalue weighted by Gasteiger charge is -2.12. The van der Waals surface area contributed by atoms with E-state index in [-0.39, 0.29) is 12.0 Å². The van der Waals surface area contributed by atoms with E-state index < -0.39 is 23.7 Å². The third kappa shape index (κ3) is 3.45. The standard InChI is InChI=1S/C16H15NO4/c1-11(2)16(20)21-17-14(18)10-13(15(17)19)9-8-12-6-4-3-5-7-12/h3-9,13H,1,10H2,2H3. The van der Waals surface area contributed by atoms with Gasteiger partial charge in [-0.2, -0.15) is 0 Å². The number of carbonyl (C=O) groups is 3. The summed E-state index contributed by atoms with van der Waals surface area (Å²) in [5.74, 6) is -2.47. The monoisotopic (exact) mass is 285 g/mol. The molecule has 0 radical (unpaired) electrons. The van der Waals surface area contributed by atoms with Crippen molar-refractivity contribution < 1.29 is 19.2 Å². The van der Waals surface area contributed by atoms with Gasteiger partial charge in [0.1, 0.15) is 0 Å². The Morgan fingerprint density at radius 3 is 2.62 bits per heavy atom. The third-order valence-corrected chi connectivity index (χ3v) is 2.98. The molecule has 1 aromatic rings. The third-order valence-electron chi connectivity index (χ3n) is 2.98. The molecular formula is C16H15NO4. The molecule has 1 saturated heterocycles. The van der Waals surface area contributed by atoms with Crippen LogP contribution in [0.15, 0.2) is 48.6 Å². The molecule has 1 fully saturated rings. The van der Waals surface area contributed by atoms with Crippen molar-refractivity contribution in [1.29, 1.82) is 0 Å². The number of rotatable bonds is 4. The number of benzene rings is 1. The minimum atomic E-state index is -0.788. The molecule has 0 aliphatic carbocycles. The molecule has 2 amide bonds. The smallest absolute Gasteiger partial charge is 0.325 e. The molecule has 21 heavy (non-hydrogen) atoms. The first-order valence-electron chi connectivity index (χ1n) is 6.47. The molecule has 0 aromatic heterocycles. The van der Waals surface area contributed by atoms with Gasteiger partial charge in [-0.3, -0.25) is 9.59 Å². The van der Waals surface area contributed by atoms with Crippen molar-refractivity contribution in [1.82, 2.24) is 5.06 Å². The van der Waals surface area contributed by atoms with Crippen molar-refractivity contribution in [2.45, 2.75) is 13.3 Å². The normalized spacial score (nSPS) is 18.3. The van der Waals surface area contributed by atoms with Crippen molar-refractivity contribution in [3.05, 3.63) is 54.1 Å². The zero-order valence-corrected chi connectivity index (χ0v) is 11.6. The molecule has 0 bridgehead atoms. The van der Waals surface area contributed by atoms with E-state index in [1.807, 2.05) is 30.3 Å². The van der Waals surface area contributed by atoms with Crippen LogP contribution in [0, 0.1) is 5.92 Å². The van der Waals surface area contributed by atoms with Gasteiger partial charge in [-0.15, -0.1) is 5.06 Å². The fourth-order valence-electron chi connectivity index (χ4n) is 1.83. The number of amides is 2. The first-order valence-corrected chi connectivity index (χ1v) is 6.47. The summed E-state index contributed by atoms with van der Waals surface area (Å²) in [6.07, 6.45) is 3.40. The maximum absolute atomic E-state index is 12.0. The molecule has 5 heteroatoms. The Morgan fingerprint density at radius 2 is 2.00 bits per heavy atom. The molecule has 0 N–H and O–H groups in total. The molecule has 5 nitrogen and oxygen atoms in total. The molecule has 1 atom stereocenters. The molecule has 2 rings (SSSR count). The first kappa shape index (κ1) is 14.7. The highest BCUT2D eigenvalue weighted by atomic mass is 16.7. The average Bonchev–Trinajstić information content (AvgIpc) is 2.73. The second kappa shape index (κ2) is 6.17. The summed E-state index contributed by atoms with van der Waals surface area (Å²) in [6, 6.07) is 9.41. The number of hydroxylamine groups is 2. The average molecular weight is 285 g/mol. The van der Waals surface area contributed by atoms with Crippen LogP contribution in [0.4, 0.5) is 0 Å². The minimum absolute atomic E-state index is 0.00830. The van der Waals surface area contributed by atoms with Crippen molar-refractivity contribution in [3.8, 4) is 0 Å². The van der Waals surface area contributed by atoms with Crippen molar-refractivity contribution in [2.24, 2.45) is 5.92 Å². The van der Waals surface area contributed by atoms with Gasteiger partial charge in [-0.05, 0) is 12.5 Å². The quantitative estimate of drug-likeness (QED) is 0.628. The van der Waals surface area contributed by atoms with Crippen LogP contribution in [0.1, 0.15) is 18.9 Å². The molecule has 1 aliphatic heterocycles. The number of nitrogens with zero attached hydrogens (tertiary/aromatic N) is 1. The fraction of sp³-hybridized carbons (Fsp3) is 0.188. The van der Waals surface area contributed by atoms with E-state index in [2.05, 4.69) is 6.58 Å². The van der Waals surface area contributed by atoms with E-state index in [0.29, 0.717) is 5.06 Å². The van der Waals surface area contributed by atoms with Gasteiger partial charge >= 0.3 is 5.97 Å². The highest BCUT2D eigenvalue weighted by Gasteiger charge is 2.40. The Bertz CT molecular complexity index is 618. The van der Waals surface area contributed by atoms with Crippen LogP contribution in [-0.2, 0) is 19.2 Å². The van der Waals surface area contributed by atoms with Gasteiger partial charge in [0.25, 0.3) is 11.8 Å². The molecule has 0 spiro atoms. The maximum atomic E-state index is 12.0. The van der Waals surface area contributed by atoms with Crippen LogP contribution in [0.2, 0.25) is 0 Å². The van der Waals surface area contributed by atoms with Crippen LogP contribution in [0.3, 0.4) is 0 Å². The van der Waals surface area contributed by atoms with E-state index in [9.17, 15) is 14.4 Å².